The number of unbranched alkanes of at least 4 members (excludes halogenated alkanes) is 25. The summed E-state index contributed by atoms with van der Waals surface area (Å²) in [6.07, 6.45) is 39.4. The number of hydrogen-bond donors (Lipinski definition) is 3. The van der Waals surface area contributed by atoms with Gasteiger partial charge in [-0.15, -0.1) is 0 Å². The second-order valence-corrected chi connectivity index (χ2v) is 17.9. The predicted molar refractivity (Wildman–Crippen MR) is 222 cm³/mol. The van der Waals surface area contributed by atoms with E-state index in [-0.39, 0.29) is 19.1 Å². The van der Waals surface area contributed by atoms with Crippen molar-refractivity contribution in [2.24, 2.45) is 0 Å². The minimum Gasteiger partial charge on any atom is -0.391 e. The number of phosphoric acid groups is 1. The third-order valence-electron chi connectivity index (χ3n) is 10.0. The Morgan fingerprint density at radius 1 is 0.635 bits per heavy atom. The Labute approximate surface area is 322 Å². The summed E-state index contributed by atoms with van der Waals surface area (Å²) in [5.41, 5.74) is 0. The van der Waals surface area contributed by atoms with Crippen LogP contribution in [0.5, 0.6) is 0 Å². The van der Waals surface area contributed by atoms with Gasteiger partial charge in [0, 0.05) is 6.42 Å². The van der Waals surface area contributed by atoms with E-state index in [0.717, 1.165) is 38.5 Å². The van der Waals surface area contributed by atoms with Crippen LogP contribution in [0.3, 0.4) is 0 Å². The first-order valence-electron chi connectivity index (χ1n) is 22.1. The van der Waals surface area contributed by atoms with Gasteiger partial charge in [-0.05, 0) is 38.5 Å². The van der Waals surface area contributed by atoms with Crippen LogP contribution in [0.15, 0.2) is 12.2 Å². The Morgan fingerprint density at radius 3 is 1.48 bits per heavy atom. The van der Waals surface area contributed by atoms with Crippen LogP contribution >= 0.6 is 7.82 Å². The molecule has 0 spiro atoms. The van der Waals surface area contributed by atoms with E-state index in [2.05, 4.69) is 31.3 Å². The fourth-order valence-corrected chi connectivity index (χ4v) is 7.19. The van der Waals surface area contributed by atoms with E-state index in [9.17, 15) is 19.4 Å². The van der Waals surface area contributed by atoms with Crippen molar-refractivity contribution in [1.29, 1.82) is 0 Å². The number of amides is 1. The number of rotatable bonds is 40. The van der Waals surface area contributed by atoms with Crippen molar-refractivity contribution in [1.82, 2.24) is 5.32 Å². The average Bonchev–Trinajstić information content (AvgIpc) is 3.09. The van der Waals surface area contributed by atoms with E-state index >= 15 is 0 Å². The van der Waals surface area contributed by atoms with Crippen molar-refractivity contribution >= 4 is 13.7 Å². The third kappa shape index (κ3) is 37.6. The summed E-state index contributed by atoms with van der Waals surface area (Å²) in [6, 6.07) is -0.757. The molecule has 0 aliphatic rings. The van der Waals surface area contributed by atoms with Gasteiger partial charge in [-0.2, -0.15) is 0 Å². The van der Waals surface area contributed by atoms with Gasteiger partial charge < -0.3 is 19.8 Å². The van der Waals surface area contributed by atoms with Gasteiger partial charge in [0.25, 0.3) is 0 Å². The molecule has 0 fully saturated rings. The van der Waals surface area contributed by atoms with E-state index in [4.69, 9.17) is 9.05 Å². The molecular formula is C43H88N2O6P+. The molecule has 0 heterocycles. The normalized spacial score (nSPS) is 14.5. The lowest BCUT2D eigenvalue weighted by Crippen LogP contribution is -2.46. The number of quaternary nitrogens is 1. The number of carbonyl (C=O) groups is 1. The van der Waals surface area contributed by atoms with Crippen LogP contribution in [0.1, 0.15) is 206 Å². The summed E-state index contributed by atoms with van der Waals surface area (Å²) in [6.45, 7) is 4.88. The van der Waals surface area contributed by atoms with Crippen molar-refractivity contribution < 1.29 is 32.9 Å². The summed E-state index contributed by atoms with van der Waals surface area (Å²) in [7, 11) is 1.62. The molecule has 0 rings (SSSR count). The lowest BCUT2D eigenvalue weighted by Gasteiger charge is -2.26. The molecule has 9 heteroatoms. The minimum atomic E-state index is -4.31. The van der Waals surface area contributed by atoms with Crippen molar-refractivity contribution in [3.63, 3.8) is 0 Å². The molecule has 3 N–H and O–H groups in total. The topological polar surface area (TPSA) is 105 Å². The van der Waals surface area contributed by atoms with E-state index in [1.807, 2.05) is 21.1 Å². The molecule has 0 aromatic rings. The van der Waals surface area contributed by atoms with Gasteiger partial charge in [0.15, 0.2) is 0 Å². The van der Waals surface area contributed by atoms with E-state index in [0.29, 0.717) is 23.9 Å². The molecule has 0 aliphatic carbocycles. The van der Waals surface area contributed by atoms with E-state index < -0.39 is 20.0 Å². The second kappa shape index (κ2) is 35.9. The highest BCUT2D eigenvalue weighted by molar-refractivity contribution is 7.47. The highest BCUT2D eigenvalue weighted by Gasteiger charge is 2.28. The first kappa shape index (κ1) is 51.2. The van der Waals surface area contributed by atoms with Crippen molar-refractivity contribution in [3.8, 4) is 0 Å². The molecule has 0 aromatic heterocycles. The average molecular weight is 760 g/mol. The fourth-order valence-electron chi connectivity index (χ4n) is 6.45. The molecule has 3 atom stereocenters. The highest BCUT2D eigenvalue weighted by atomic mass is 31.2. The Hall–Kier alpha value is -0.760. The quantitative estimate of drug-likeness (QED) is 0.0249. The molecule has 8 nitrogen and oxygen atoms in total. The Morgan fingerprint density at radius 2 is 1.04 bits per heavy atom. The third-order valence-corrected chi connectivity index (χ3v) is 11.0. The lowest BCUT2D eigenvalue weighted by molar-refractivity contribution is -0.870. The van der Waals surface area contributed by atoms with Crippen LogP contribution < -0.4 is 5.32 Å². The second-order valence-electron chi connectivity index (χ2n) is 16.4. The summed E-state index contributed by atoms with van der Waals surface area (Å²) >= 11 is 0. The maximum Gasteiger partial charge on any atom is 0.472 e. The van der Waals surface area contributed by atoms with Gasteiger partial charge in [-0.1, -0.05) is 174 Å². The zero-order valence-electron chi connectivity index (χ0n) is 35.1. The van der Waals surface area contributed by atoms with Gasteiger partial charge in [0.1, 0.15) is 13.2 Å². The largest absolute Gasteiger partial charge is 0.472 e. The first-order chi connectivity index (χ1) is 25.0. The van der Waals surface area contributed by atoms with Crippen LogP contribution in [0.25, 0.3) is 0 Å². The summed E-state index contributed by atoms with van der Waals surface area (Å²) in [4.78, 5) is 23.1. The molecule has 0 aliphatic heterocycles. The van der Waals surface area contributed by atoms with Crippen LogP contribution in [0, 0.1) is 0 Å². The number of nitrogens with one attached hydrogen (secondary N) is 1. The van der Waals surface area contributed by atoms with E-state index in [1.54, 1.807) is 0 Å². The first-order valence-corrected chi connectivity index (χ1v) is 23.5. The van der Waals surface area contributed by atoms with Gasteiger partial charge >= 0.3 is 7.82 Å². The fraction of sp³-hybridized carbons (Fsp3) is 0.930. The maximum absolute atomic E-state index is 12.9. The van der Waals surface area contributed by atoms with Crippen LogP contribution in [-0.2, 0) is 18.4 Å². The van der Waals surface area contributed by atoms with Gasteiger partial charge in [-0.25, -0.2) is 4.57 Å². The van der Waals surface area contributed by atoms with Crippen molar-refractivity contribution in [2.45, 2.75) is 219 Å². The summed E-state index contributed by atoms with van der Waals surface area (Å²) in [5, 5.41) is 13.9. The molecule has 0 saturated carbocycles. The molecular weight excluding hydrogens is 671 g/mol. The monoisotopic (exact) mass is 760 g/mol. The number of nitrogens with zero attached hydrogens (tertiary/aromatic N) is 1. The zero-order chi connectivity index (χ0) is 38.6. The van der Waals surface area contributed by atoms with Crippen molar-refractivity contribution in [2.75, 3.05) is 40.9 Å². The number of carbonyl (C=O) groups excluding carboxylic acids is 1. The number of hydrogen-bond acceptors (Lipinski definition) is 5. The maximum atomic E-state index is 12.9. The minimum absolute atomic E-state index is 0.0756. The molecule has 1 amide bonds. The molecule has 0 saturated heterocycles. The van der Waals surface area contributed by atoms with Crippen LogP contribution in [-0.4, -0.2) is 73.4 Å². The molecule has 1 unspecified atom stereocenters. The molecule has 0 aromatic carbocycles. The number of likely N-dealkylation sites (N-methyl/N-ethyl adjacent to an activating group) is 1. The molecule has 52 heavy (non-hydrogen) atoms. The van der Waals surface area contributed by atoms with Gasteiger partial charge in [0.05, 0.1) is 39.9 Å². The van der Waals surface area contributed by atoms with Gasteiger partial charge in [0.2, 0.25) is 5.91 Å². The number of allylic oxidation sites excluding steroid dienone is 2. The molecule has 0 bridgehead atoms. The Balaban J connectivity index is 4.36. The van der Waals surface area contributed by atoms with Crippen LogP contribution in [0.2, 0.25) is 0 Å². The smallest absolute Gasteiger partial charge is 0.391 e. The number of phosphoric ester groups is 1. The lowest BCUT2D eigenvalue weighted by atomic mass is 10.0. The standard InChI is InChI=1S/C43H87N2O6P/c1-6-8-10-12-14-16-18-20-21-22-23-25-27-29-31-33-35-37-43(47)44-41(40-51-52(48,49)50-39-38-45(3,4)5)42(46)36-34-32-30-28-26-24-19-17-15-13-11-9-7-2/h20-21,41-42,46H,6-19,22-40H2,1-5H3,(H-,44,47,48,49)/p+1/b21-20+/t41-,42+/m0/s1. The van der Waals surface area contributed by atoms with Gasteiger partial charge in [-0.3, -0.25) is 13.8 Å². The zero-order valence-corrected chi connectivity index (χ0v) is 36.0. The Kier molecular flexibility index (Phi) is 35.4. The summed E-state index contributed by atoms with van der Waals surface area (Å²) < 4.78 is 23.6. The highest BCUT2D eigenvalue weighted by Crippen LogP contribution is 2.43. The Bertz CT molecular complexity index is 865. The SMILES string of the molecule is CCCCCCCC/C=C/CCCCCCCCCC(=O)N[C@@H](COP(=O)(O)OCC[N+](C)(C)C)[C@H](O)CCCCCCCCCCCCCCC. The van der Waals surface area contributed by atoms with Crippen molar-refractivity contribution in [3.05, 3.63) is 12.2 Å². The molecule has 310 valence electrons. The van der Waals surface area contributed by atoms with E-state index in [1.165, 1.54) is 141 Å². The molecule has 0 radical (unpaired) electrons. The predicted octanol–water partition coefficient (Wildman–Crippen LogP) is 12.0. The number of aliphatic hydroxyl groups excluding tert-OH is 1. The van der Waals surface area contributed by atoms with Crippen LogP contribution in [0.4, 0.5) is 0 Å². The number of aliphatic hydroxyl groups is 1. The summed E-state index contributed by atoms with van der Waals surface area (Å²) in [5.74, 6) is -0.149.